The smallest absolute Gasteiger partial charge is 0.410 e. The van der Waals surface area contributed by atoms with Gasteiger partial charge in [-0.2, -0.15) is 0 Å². The van der Waals surface area contributed by atoms with E-state index < -0.39 is 5.60 Å². The predicted molar refractivity (Wildman–Crippen MR) is 101 cm³/mol. The summed E-state index contributed by atoms with van der Waals surface area (Å²) in [4.78, 5) is 19.4. The number of nitrogens with zero attached hydrogens (tertiary/aromatic N) is 3. The van der Waals surface area contributed by atoms with Gasteiger partial charge in [0.25, 0.3) is 0 Å². The maximum Gasteiger partial charge on any atom is 0.410 e. The number of hydrogen-bond acceptors (Lipinski definition) is 4. The zero-order chi connectivity index (χ0) is 17.8. The van der Waals surface area contributed by atoms with Crippen LogP contribution < -0.4 is 9.80 Å². The van der Waals surface area contributed by atoms with Gasteiger partial charge in [-0.25, -0.2) is 4.79 Å². The lowest BCUT2D eigenvalue weighted by atomic mass is 9.91. The Morgan fingerprint density at radius 1 is 1.12 bits per heavy atom. The number of anilines is 2. The van der Waals surface area contributed by atoms with E-state index in [1.807, 2.05) is 25.7 Å². The molecule has 1 aromatic carbocycles. The first kappa shape index (κ1) is 16.6. The lowest BCUT2D eigenvalue weighted by Gasteiger charge is -2.38. The Bertz CT molecular complexity index is 682. The van der Waals surface area contributed by atoms with E-state index >= 15 is 0 Å². The van der Waals surface area contributed by atoms with Crippen LogP contribution in [0.5, 0.6) is 0 Å². The predicted octanol–water partition coefficient (Wildman–Crippen LogP) is 3.44. The number of fused-ring (bicyclic) bond motifs is 3. The maximum absolute atomic E-state index is 12.5. The van der Waals surface area contributed by atoms with Gasteiger partial charge < -0.3 is 19.4 Å². The van der Waals surface area contributed by atoms with E-state index in [1.165, 1.54) is 16.9 Å². The summed E-state index contributed by atoms with van der Waals surface area (Å²) in [6, 6.07) is 7.23. The maximum atomic E-state index is 12.5. The van der Waals surface area contributed by atoms with E-state index in [1.54, 1.807) is 0 Å². The Labute approximate surface area is 150 Å². The van der Waals surface area contributed by atoms with E-state index in [9.17, 15) is 4.79 Å². The van der Waals surface area contributed by atoms with Gasteiger partial charge in [0.05, 0.1) is 11.4 Å². The average Bonchev–Trinajstić information content (AvgIpc) is 2.70. The van der Waals surface area contributed by atoms with Crippen LogP contribution in [-0.4, -0.2) is 55.9 Å². The number of carbonyl (C=O) groups is 1. The highest BCUT2D eigenvalue weighted by atomic mass is 16.6. The molecule has 3 aliphatic rings. The van der Waals surface area contributed by atoms with Crippen molar-refractivity contribution in [2.75, 3.05) is 43.0 Å². The molecule has 5 heteroatoms. The minimum absolute atomic E-state index is 0.167. The van der Waals surface area contributed by atoms with Crippen molar-refractivity contribution in [2.24, 2.45) is 0 Å². The van der Waals surface area contributed by atoms with Crippen LogP contribution in [0, 0.1) is 0 Å². The highest BCUT2D eigenvalue weighted by Gasteiger charge is 2.43. The van der Waals surface area contributed by atoms with Crippen molar-refractivity contribution < 1.29 is 9.53 Å². The molecule has 0 spiro atoms. The molecule has 0 aliphatic carbocycles. The molecule has 2 atom stereocenters. The van der Waals surface area contributed by atoms with Crippen LogP contribution in [0.1, 0.15) is 45.1 Å². The number of likely N-dealkylation sites (N-methyl/N-ethyl adjacent to an activating group) is 1. The van der Waals surface area contributed by atoms with Crippen LogP contribution in [-0.2, 0) is 4.74 Å². The molecule has 1 amide bonds. The van der Waals surface area contributed by atoms with Gasteiger partial charge in [0.2, 0.25) is 0 Å². The fourth-order valence-electron chi connectivity index (χ4n) is 4.62. The summed E-state index contributed by atoms with van der Waals surface area (Å²) >= 11 is 0. The fraction of sp³-hybridized carbons (Fsp3) is 0.650. The highest BCUT2D eigenvalue weighted by molar-refractivity contribution is 5.80. The molecule has 25 heavy (non-hydrogen) atoms. The third kappa shape index (κ3) is 2.83. The van der Waals surface area contributed by atoms with Crippen LogP contribution in [0.15, 0.2) is 18.2 Å². The quantitative estimate of drug-likeness (QED) is 0.723. The number of likely N-dealkylation sites (tertiary alicyclic amines) is 1. The summed E-state index contributed by atoms with van der Waals surface area (Å²) in [5.74, 6) is 0.522. The molecule has 5 nitrogen and oxygen atoms in total. The molecule has 0 radical (unpaired) electrons. The van der Waals surface area contributed by atoms with Crippen molar-refractivity contribution in [3.8, 4) is 0 Å². The molecule has 1 unspecified atom stereocenters. The molecule has 1 fully saturated rings. The first-order valence-electron chi connectivity index (χ1n) is 9.44. The molecule has 0 aromatic heterocycles. The first-order valence-corrected chi connectivity index (χ1v) is 9.44. The summed E-state index contributed by atoms with van der Waals surface area (Å²) in [6.07, 6.45) is 1.86. The van der Waals surface area contributed by atoms with Crippen molar-refractivity contribution in [3.05, 3.63) is 23.8 Å². The van der Waals surface area contributed by atoms with E-state index in [-0.39, 0.29) is 6.09 Å². The molecular formula is C20H29N3O2. The van der Waals surface area contributed by atoms with Gasteiger partial charge in [-0.1, -0.05) is 12.1 Å². The molecule has 136 valence electrons. The molecule has 0 saturated carbocycles. The number of carbonyl (C=O) groups excluding carboxylic acids is 1. The number of benzene rings is 1. The van der Waals surface area contributed by atoms with Crippen LogP contribution >= 0.6 is 0 Å². The monoisotopic (exact) mass is 343 g/mol. The Morgan fingerprint density at radius 3 is 2.64 bits per heavy atom. The van der Waals surface area contributed by atoms with Gasteiger partial charge in [0.1, 0.15) is 5.60 Å². The summed E-state index contributed by atoms with van der Waals surface area (Å²) in [5.41, 5.74) is 3.84. The van der Waals surface area contributed by atoms with Gasteiger partial charge >= 0.3 is 6.09 Å². The number of hydrogen-bond donors (Lipinski definition) is 0. The second-order valence-corrected chi connectivity index (χ2v) is 8.55. The number of rotatable bonds is 0. The van der Waals surface area contributed by atoms with E-state index in [2.05, 4.69) is 35.0 Å². The topological polar surface area (TPSA) is 36.0 Å². The van der Waals surface area contributed by atoms with Crippen molar-refractivity contribution in [3.63, 3.8) is 0 Å². The Morgan fingerprint density at radius 2 is 1.88 bits per heavy atom. The Hall–Kier alpha value is -1.91. The van der Waals surface area contributed by atoms with Crippen molar-refractivity contribution in [1.82, 2.24) is 4.90 Å². The van der Waals surface area contributed by atoms with E-state index in [0.717, 1.165) is 39.0 Å². The summed E-state index contributed by atoms with van der Waals surface area (Å²) in [5, 5.41) is 0. The molecule has 0 bridgehead atoms. The minimum atomic E-state index is -0.432. The van der Waals surface area contributed by atoms with Crippen LogP contribution in [0.4, 0.5) is 16.2 Å². The van der Waals surface area contributed by atoms with Crippen LogP contribution in [0.3, 0.4) is 0 Å². The zero-order valence-corrected chi connectivity index (χ0v) is 15.8. The lowest BCUT2D eigenvalue weighted by Crippen LogP contribution is -2.44. The van der Waals surface area contributed by atoms with Gasteiger partial charge in [-0.15, -0.1) is 0 Å². The fourth-order valence-corrected chi connectivity index (χ4v) is 4.62. The minimum Gasteiger partial charge on any atom is -0.444 e. The third-order valence-corrected chi connectivity index (χ3v) is 5.74. The van der Waals surface area contributed by atoms with Crippen molar-refractivity contribution >= 4 is 17.5 Å². The molecule has 0 N–H and O–H groups in total. The molecule has 4 rings (SSSR count). The number of para-hydroxylation sites is 1. The highest BCUT2D eigenvalue weighted by Crippen LogP contribution is 2.50. The van der Waals surface area contributed by atoms with Crippen LogP contribution in [0.2, 0.25) is 0 Å². The van der Waals surface area contributed by atoms with Gasteiger partial charge in [-0.05, 0) is 45.2 Å². The third-order valence-electron chi connectivity index (χ3n) is 5.74. The molecule has 1 aromatic rings. The Kier molecular flexibility index (Phi) is 3.85. The molecular weight excluding hydrogens is 314 g/mol. The number of ether oxygens (including phenoxy) is 1. The molecule has 1 saturated heterocycles. The molecule has 3 heterocycles. The summed E-state index contributed by atoms with van der Waals surface area (Å²) < 4.78 is 5.59. The second kappa shape index (κ2) is 5.82. The molecule has 3 aliphatic heterocycles. The van der Waals surface area contributed by atoms with E-state index in [0.29, 0.717) is 12.0 Å². The van der Waals surface area contributed by atoms with Gasteiger partial charge in [0, 0.05) is 45.2 Å². The first-order chi connectivity index (χ1) is 11.8. The van der Waals surface area contributed by atoms with Gasteiger partial charge in [0.15, 0.2) is 0 Å². The Balaban J connectivity index is 1.57. The largest absolute Gasteiger partial charge is 0.444 e. The lowest BCUT2D eigenvalue weighted by molar-refractivity contribution is 0.0255. The van der Waals surface area contributed by atoms with Crippen molar-refractivity contribution in [1.29, 1.82) is 0 Å². The SMILES string of the molecule is CN1CCN2c3c(cccc31)[C@@H]1CCN(C(=O)OC(C)(C)C)CCC12. The van der Waals surface area contributed by atoms with Crippen molar-refractivity contribution in [2.45, 2.75) is 51.2 Å². The normalized spacial score (nSPS) is 25.4. The zero-order valence-electron chi connectivity index (χ0n) is 15.8. The van der Waals surface area contributed by atoms with Crippen LogP contribution in [0.25, 0.3) is 0 Å². The van der Waals surface area contributed by atoms with Gasteiger partial charge in [-0.3, -0.25) is 0 Å². The van der Waals surface area contributed by atoms with E-state index in [4.69, 9.17) is 4.74 Å². The average molecular weight is 343 g/mol. The second-order valence-electron chi connectivity index (χ2n) is 8.55. The standard InChI is InChI=1S/C20H29N3O2/c1-20(2,3)25-19(24)22-10-8-14-15-6-5-7-17-18(15)23(13-12-21(17)4)16(14)9-11-22/h5-7,14,16H,8-13H2,1-4H3/t14-,16?/m0/s1. The summed E-state index contributed by atoms with van der Waals surface area (Å²) in [7, 11) is 2.19. The summed E-state index contributed by atoms with van der Waals surface area (Å²) in [6.45, 7) is 9.50. The number of amides is 1.